The van der Waals surface area contributed by atoms with Crippen molar-refractivity contribution in [2.75, 3.05) is 18.5 Å². The van der Waals surface area contributed by atoms with Crippen LogP contribution in [0.15, 0.2) is 41.9 Å². The van der Waals surface area contributed by atoms with Crippen LogP contribution in [0.4, 0.5) is 10.5 Å². The van der Waals surface area contributed by atoms with Gasteiger partial charge in [-0.3, -0.25) is 0 Å². The molecule has 0 aromatic heterocycles. The fourth-order valence-corrected chi connectivity index (χ4v) is 1.43. The molecule has 8 nitrogen and oxygen atoms in total. The molecular weight excluding hydrogens is 322 g/mol. The van der Waals surface area contributed by atoms with Crippen molar-refractivity contribution in [1.82, 2.24) is 5.32 Å². The van der Waals surface area contributed by atoms with Crippen molar-refractivity contribution in [2.24, 2.45) is 16.5 Å². The number of amides is 2. The highest BCUT2D eigenvalue weighted by molar-refractivity contribution is 5.89. The highest BCUT2D eigenvalue weighted by Crippen LogP contribution is 2.10. The number of carbonyl (C=O) groups is 2. The first-order valence-corrected chi connectivity index (χ1v) is 6.49. The van der Waals surface area contributed by atoms with E-state index in [4.69, 9.17) is 16.2 Å². The van der Waals surface area contributed by atoms with Crippen LogP contribution in [0.2, 0.25) is 0 Å². The number of anilines is 1. The Balaban J connectivity index is 0.00000484. The Bertz CT molecular complexity index is 556. The van der Waals surface area contributed by atoms with Gasteiger partial charge in [-0.2, -0.15) is 0 Å². The number of hydrogen-bond acceptors (Lipinski definition) is 4. The molecule has 0 fully saturated rings. The Kier molecular flexibility index (Phi) is 9.61. The van der Waals surface area contributed by atoms with Crippen LogP contribution in [-0.2, 0) is 16.1 Å². The van der Waals surface area contributed by atoms with Crippen molar-refractivity contribution in [3.63, 3.8) is 0 Å². The summed E-state index contributed by atoms with van der Waals surface area (Å²) in [6, 6.07) is 6.66. The lowest BCUT2D eigenvalue weighted by Crippen LogP contribution is -2.31. The van der Waals surface area contributed by atoms with Crippen molar-refractivity contribution < 1.29 is 14.3 Å². The Morgan fingerprint density at radius 3 is 2.48 bits per heavy atom. The Labute approximate surface area is 140 Å². The molecule has 0 bridgehead atoms. The van der Waals surface area contributed by atoms with Gasteiger partial charge in [-0.25, -0.2) is 14.6 Å². The SMILES string of the molecule is C=CC(=O)OCCNC(=O)Nc1ccc(CN=C(N)N)cc1.Cl. The fraction of sp³-hybridized carbons (Fsp3) is 0.214. The molecule has 1 aromatic carbocycles. The summed E-state index contributed by atoms with van der Waals surface area (Å²) in [5.41, 5.74) is 12.0. The van der Waals surface area contributed by atoms with Gasteiger partial charge in [0.25, 0.3) is 0 Å². The van der Waals surface area contributed by atoms with Gasteiger partial charge in [0.1, 0.15) is 6.61 Å². The predicted octanol–water partition coefficient (Wildman–Crippen LogP) is 0.733. The molecule has 0 heterocycles. The number of guanidine groups is 1. The number of aliphatic imine (C=N–C) groups is 1. The molecule has 0 aliphatic rings. The number of nitrogens with zero attached hydrogens (tertiary/aromatic N) is 1. The number of urea groups is 1. The van der Waals surface area contributed by atoms with E-state index in [2.05, 4.69) is 22.2 Å². The van der Waals surface area contributed by atoms with E-state index in [-0.39, 0.29) is 31.5 Å². The standard InChI is InChI=1S/C14H19N5O3.ClH/c1-2-12(20)22-8-7-17-14(21)19-11-5-3-10(4-6-11)9-18-13(15)16;/h2-6H,1,7-9H2,(H4,15,16,18)(H2,17,19,21);1H. The molecule has 0 saturated carbocycles. The van der Waals surface area contributed by atoms with Crippen LogP contribution < -0.4 is 22.1 Å². The number of benzene rings is 1. The third-order valence-electron chi connectivity index (χ3n) is 2.45. The zero-order chi connectivity index (χ0) is 16.4. The molecule has 23 heavy (non-hydrogen) atoms. The largest absolute Gasteiger partial charge is 0.461 e. The maximum atomic E-state index is 11.6. The van der Waals surface area contributed by atoms with Gasteiger partial charge < -0.3 is 26.8 Å². The lowest BCUT2D eigenvalue weighted by Gasteiger charge is -2.08. The van der Waals surface area contributed by atoms with Crippen LogP contribution in [0.25, 0.3) is 0 Å². The van der Waals surface area contributed by atoms with Gasteiger partial charge in [-0.05, 0) is 17.7 Å². The predicted molar refractivity (Wildman–Crippen MR) is 91.4 cm³/mol. The first kappa shape index (κ1) is 20.3. The van der Waals surface area contributed by atoms with Gasteiger partial charge in [0.2, 0.25) is 0 Å². The molecule has 0 saturated heterocycles. The van der Waals surface area contributed by atoms with Crippen LogP contribution in [0.1, 0.15) is 5.56 Å². The molecule has 0 unspecified atom stereocenters. The molecule has 0 atom stereocenters. The first-order valence-electron chi connectivity index (χ1n) is 6.49. The summed E-state index contributed by atoms with van der Waals surface area (Å²) < 4.78 is 4.72. The van der Waals surface area contributed by atoms with Gasteiger partial charge in [-0.15, -0.1) is 12.4 Å². The molecule has 0 radical (unpaired) electrons. The molecule has 1 aromatic rings. The van der Waals surface area contributed by atoms with Gasteiger partial charge in [0.05, 0.1) is 13.1 Å². The Morgan fingerprint density at radius 1 is 1.26 bits per heavy atom. The van der Waals surface area contributed by atoms with Gasteiger partial charge in [0, 0.05) is 11.8 Å². The van der Waals surface area contributed by atoms with Crippen molar-refractivity contribution in [3.05, 3.63) is 42.5 Å². The lowest BCUT2D eigenvalue weighted by atomic mass is 10.2. The van der Waals surface area contributed by atoms with Gasteiger partial charge >= 0.3 is 12.0 Å². The van der Waals surface area contributed by atoms with Crippen LogP contribution in [0.3, 0.4) is 0 Å². The summed E-state index contributed by atoms with van der Waals surface area (Å²) in [6.07, 6.45) is 1.06. The van der Waals surface area contributed by atoms with Crippen LogP contribution in [-0.4, -0.2) is 31.1 Å². The van der Waals surface area contributed by atoms with E-state index in [0.717, 1.165) is 11.6 Å². The summed E-state index contributed by atoms with van der Waals surface area (Å²) in [4.78, 5) is 26.3. The number of carbonyl (C=O) groups excluding carboxylic acids is 2. The first-order chi connectivity index (χ1) is 10.5. The minimum absolute atomic E-state index is 0. The summed E-state index contributed by atoms with van der Waals surface area (Å²) >= 11 is 0. The second-order valence-electron chi connectivity index (χ2n) is 4.19. The normalized spacial score (nSPS) is 9.04. The number of rotatable bonds is 7. The van der Waals surface area contributed by atoms with E-state index in [1.54, 1.807) is 24.3 Å². The Hall–Kier alpha value is -2.74. The van der Waals surface area contributed by atoms with E-state index >= 15 is 0 Å². The fourth-order valence-electron chi connectivity index (χ4n) is 1.43. The number of halogens is 1. The molecule has 126 valence electrons. The van der Waals surface area contributed by atoms with E-state index in [9.17, 15) is 9.59 Å². The Morgan fingerprint density at radius 2 is 1.91 bits per heavy atom. The third kappa shape index (κ3) is 8.99. The number of ether oxygens (including phenoxy) is 1. The quantitative estimate of drug-likeness (QED) is 0.191. The molecule has 2 amide bonds. The monoisotopic (exact) mass is 341 g/mol. The van der Waals surface area contributed by atoms with Gasteiger partial charge in [0.15, 0.2) is 5.96 Å². The minimum Gasteiger partial charge on any atom is -0.461 e. The maximum Gasteiger partial charge on any atom is 0.330 e. The van der Waals surface area contributed by atoms with Crippen molar-refractivity contribution in [2.45, 2.75) is 6.54 Å². The third-order valence-corrected chi connectivity index (χ3v) is 2.45. The molecular formula is C14H20ClN5O3. The molecule has 1 rings (SSSR count). The van der Waals surface area contributed by atoms with Crippen molar-refractivity contribution >= 4 is 36.1 Å². The average molecular weight is 342 g/mol. The van der Waals surface area contributed by atoms with E-state index in [1.165, 1.54) is 0 Å². The van der Waals surface area contributed by atoms with E-state index in [0.29, 0.717) is 12.2 Å². The zero-order valence-corrected chi connectivity index (χ0v) is 13.3. The van der Waals surface area contributed by atoms with Crippen LogP contribution in [0.5, 0.6) is 0 Å². The molecule has 0 aliphatic heterocycles. The summed E-state index contributed by atoms with van der Waals surface area (Å²) in [5, 5.41) is 5.19. The van der Waals surface area contributed by atoms with Gasteiger partial charge in [-0.1, -0.05) is 18.7 Å². The second kappa shape index (κ2) is 10.9. The average Bonchev–Trinajstić information content (AvgIpc) is 2.50. The number of nitrogens with two attached hydrogens (primary N) is 2. The molecule has 9 heteroatoms. The summed E-state index contributed by atoms with van der Waals surface area (Å²) in [7, 11) is 0. The highest BCUT2D eigenvalue weighted by Gasteiger charge is 2.02. The second-order valence-corrected chi connectivity index (χ2v) is 4.19. The topological polar surface area (TPSA) is 132 Å². The number of nitrogens with one attached hydrogen (secondary N) is 2. The minimum atomic E-state index is -0.529. The summed E-state index contributed by atoms with van der Waals surface area (Å²) in [6.45, 7) is 3.92. The zero-order valence-electron chi connectivity index (χ0n) is 12.5. The lowest BCUT2D eigenvalue weighted by molar-refractivity contribution is -0.137. The maximum absolute atomic E-state index is 11.6. The molecule has 0 aliphatic carbocycles. The van der Waals surface area contributed by atoms with Crippen LogP contribution >= 0.6 is 12.4 Å². The van der Waals surface area contributed by atoms with E-state index < -0.39 is 12.0 Å². The number of esters is 1. The van der Waals surface area contributed by atoms with E-state index in [1.807, 2.05) is 0 Å². The highest BCUT2D eigenvalue weighted by atomic mass is 35.5. The molecule has 6 N–H and O–H groups in total. The van der Waals surface area contributed by atoms with Crippen molar-refractivity contribution in [3.8, 4) is 0 Å². The molecule has 0 spiro atoms. The van der Waals surface area contributed by atoms with Crippen LogP contribution in [0, 0.1) is 0 Å². The van der Waals surface area contributed by atoms with Crippen molar-refractivity contribution in [1.29, 1.82) is 0 Å². The summed E-state index contributed by atoms with van der Waals surface area (Å²) in [5.74, 6) is -0.502. The smallest absolute Gasteiger partial charge is 0.330 e. The number of hydrogen-bond donors (Lipinski definition) is 4.